The van der Waals surface area contributed by atoms with Crippen LogP contribution in [0.4, 0.5) is 5.00 Å². The van der Waals surface area contributed by atoms with Gasteiger partial charge in [0.05, 0.1) is 7.11 Å². The number of para-hydroxylation sites is 1. The average molecular weight is 450 g/mol. The molecule has 166 valence electrons. The number of hydrogen-bond acceptors (Lipinski definition) is 5. The van der Waals surface area contributed by atoms with Crippen molar-refractivity contribution in [3.63, 3.8) is 0 Å². The summed E-state index contributed by atoms with van der Waals surface area (Å²) in [5.41, 5.74) is 5.90. The molecule has 1 aliphatic carbocycles. The third kappa shape index (κ3) is 4.70. The van der Waals surface area contributed by atoms with Crippen LogP contribution in [-0.2, 0) is 28.8 Å². The maximum Gasteiger partial charge on any atom is 0.341 e. The van der Waals surface area contributed by atoms with E-state index in [9.17, 15) is 9.59 Å². The molecular weight excluding hydrogens is 422 g/mol. The van der Waals surface area contributed by atoms with Gasteiger partial charge in [-0.1, -0.05) is 43.3 Å². The number of hydrogen-bond donors (Lipinski definition) is 1. The summed E-state index contributed by atoms with van der Waals surface area (Å²) in [6, 6.07) is 14.0. The van der Waals surface area contributed by atoms with Crippen molar-refractivity contribution in [2.45, 2.75) is 39.0 Å². The zero-order valence-corrected chi connectivity index (χ0v) is 19.2. The lowest BCUT2D eigenvalue weighted by Crippen LogP contribution is -2.21. The summed E-state index contributed by atoms with van der Waals surface area (Å²) >= 11 is 1.32. The van der Waals surface area contributed by atoms with Crippen molar-refractivity contribution < 1.29 is 19.1 Å². The van der Waals surface area contributed by atoms with E-state index in [0.717, 1.165) is 36.0 Å². The molecule has 1 aromatic heterocycles. The van der Waals surface area contributed by atoms with Crippen LogP contribution < -0.4 is 10.1 Å². The van der Waals surface area contributed by atoms with Crippen LogP contribution >= 0.6 is 11.3 Å². The van der Waals surface area contributed by atoms with Gasteiger partial charge in [-0.2, -0.15) is 0 Å². The van der Waals surface area contributed by atoms with Crippen molar-refractivity contribution in [3.8, 4) is 16.9 Å². The zero-order valence-electron chi connectivity index (χ0n) is 18.4. The van der Waals surface area contributed by atoms with Gasteiger partial charge in [-0.05, 0) is 60.4 Å². The average Bonchev–Trinajstić information content (AvgIpc) is 3.25. The number of carbonyl (C=O) groups excluding carboxylic acids is 2. The summed E-state index contributed by atoms with van der Waals surface area (Å²) in [5, 5.41) is 5.22. The van der Waals surface area contributed by atoms with Crippen LogP contribution in [0.1, 0.15) is 46.8 Å². The molecule has 1 aliphatic rings. The lowest BCUT2D eigenvalue weighted by molar-refractivity contribution is -0.118. The highest BCUT2D eigenvalue weighted by molar-refractivity contribution is 7.15. The van der Waals surface area contributed by atoms with Gasteiger partial charge in [0, 0.05) is 10.9 Å². The molecule has 6 heteroatoms. The second-order valence-corrected chi connectivity index (χ2v) is 8.71. The number of anilines is 1. The monoisotopic (exact) mass is 449 g/mol. The topological polar surface area (TPSA) is 64.6 Å². The highest BCUT2D eigenvalue weighted by atomic mass is 32.1. The number of rotatable bonds is 7. The summed E-state index contributed by atoms with van der Waals surface area (Å²) < 4.78 is 10.8. The largest absolute Gasteiger partial charge is 0.483 e. The van der Waals surface area contributed by atoms with Crippen molar-refractivity contribution in [2.75, 3.05) is 19.0 Å². The summed E-state index contributed by atoms with van der Waals surface area (Å²) in [6.07, 6.45) is 5.39. The number of carbonyl (C=O) groups is 2. The van der Waals surface area contributed by atoms with Crippen molar-refractivity contribution in [2.24, 2.45) is 0 Å². The highest BCUT2D eigenvalue weighted by Gasteiger charge is 2.23. The second kappa shape index (κ2) is 10.0. The molecule has 0 atom stereocenters. The predicted octanol–water partition coefficient (Wildman–Crippen LogP) is 5.66. The number of amides is 1. The van der Waals surface area contributed by atoms with E-state index in [1.807, 2.05) is 36.6 Å². The van der Waals surface area contributed by atoms with E-state index in [2.05, 4.69) is 23.5 Å². The fourth-order valence-electron chi connectivity index (χ4n) is 4.11. The smallest absolute Gasteiger partial charge is 0.341 e. The van der Waals surface area contributed by atoms with Crippen LogP contribution in [0, 0.1) is 0 Å². The summed E-state index contributed by atoms with van der Waals surface area (Å²) in [4.78, 5) is 25.2. The van der Waals surface area contributed by atoms with Crippen LogP contribution in [0.15, 0.2) is 47.8 Å². The Kier molecular flexibility index (Phi) is 6.90. The molecule has 4 rings (SSSR count). The lowest BCUT2D eigenvalue weighted by Gasteiger charge is -2.17. The Balaban J connectivity index is 1.55. The molecule has 0 spiro atoms. The van der Waals surface area contributed by atoms with Gasteiger partial charge >= 0.3 is 5.97 Å². The molecule has 5 nitrogen and oxygen atoms in total. The molecule has 0 radical (unpaired) electrons. The molecule has 2 aromatic carbocycles. The molecule has 0 unspecified atom stereocenters. The first-order valence-electron chi connectivity index (χ1n) is 10.9. The van der Waals surface area contributed by atoms with Crippen molar-refractivity contribution in [1.82, 2.24) is 0 Å². The maximum atomic E-state index is 12.6. The highest BCUT2D eigenvalue weighted by Crippen LogP contribution is 2.37. The molecule has 1 N–H and O–H groups in total. The lowest BCUT2D eigenvalue weighted by atomic mass is 9.89. The third-order valence-corrected chi connectivity index (χ3v) is 6.70. The molecular formula is C26H27NO4S. The molecule has 0 saturated heterocycles. The number of fused-ring (bicyclic) bond motifs is 1. The van der Waals surface area contributed by atoms with Crippen LogP contribution in [0.3, 0.4) is 0 Å². The Labute approximate surface area is 192 Å². The first kappa shape index (κ1) is 22.1. The fourth-order valence-corrected chi connectivity index (χ4v) is 5.08. The number of thiophene rings is 1. The predicted molar refractivity (Wildman–Crippen MR) is 128 cm³/mol. The minimum atomic E-state index is -0.466. The Hall–Kier alpha value is -3.12. The Morgan fingerprint density at radius 3 is 2.62 bits per heavy atom. The second-order valence-electron chi connectivity index (χ2n) is 7.83. The van der Waals surface area contributed by atoms with E-state index >= 15 is 0 Å². The Morgan fingerprint density at radius 2 is 1.84 bits per heavy atom. The first-order valence-corrected chi connectivity index (χ1v) is 11.8. The minimum Gasteiger partial charge on any atom is -0.483 e. The number of esters is 1. The van der Waals surface area contributed by atoms with E-state index in [1.165, 1.54) is 42.4 Å². The summed E-state index contributed by atoms with van der Waals surface area (Å²) in [5.74, 6) is -0.0920. The summed E-state index contributed by atoms with van der Waals surface area (Å²) in [6.45, 7) is 1.91. The number of ether oxygens (including phenoxy) is 2. The first-order chi connectivity index (χ1) is 15.6. The van der Waals surface area contributed by atoms with Gasteiger partial charge in [0.2, 0.25) is 0 Å². The van der Waals surface area contributed by atoms with Gasteiger partial charge in [-0.3, -0.25) is 4.79 Å². The molecule has 0 bridgehead atoms. The van der Waals surface area contributed by atoms with E-state index in [4.69, 9.17) is 9.47 Å². The number of aryl methyl sites for hydroxylation is 3. The van der Waals surface area contributed by atoms with Crippen LogP contribution in [-0.4, -0.2) is 25.6 Å². The van der Waals surface area contributed by atoms with Gasteiger partial charge in [0.15, 0.2) is 6.61 Å². The maximum absolute atomic E-state index is 12.6. The standard InChI is InChI=1S/C26H27NO4S/c1-3-17-8-6-7-11-22(17)31-15-23(28)27-25-24(26(29)30-2)21(16-32-25)20-13-12-18-9-4-5-10-19(18)14-20/h6-8,11-14,16H,3-5,9-10,15H2,1-2H3,(H,27,28). The quantitative estimate of drug-likeness (QED) is 0.473. The normalized spacial score (nSPS) is 12.7. The molecule has 0 aliphatic heterocycles. The van der Waals surface area contributed by atoms with Gasteiger partial charge in [-0.25, -0.2) is 4.79 Å². The minimum absolute atomic E-state index is 0.135. The van der Waals surface area contributed by atoms with E-state index in [0.29, 0.717) is 16.3 Å². The molecule has 0 fully saturated rings. The van der Waals surface area contributed by atoms with Gasteiger partial charge in [0.1, 0.15) is 16.3 Å². The molecule has 32 heavy (non-hydrogen) atoms. The van der Waals surface area contributed by atoms with Crippen LogP contribution in [0.25, 0.3) is 11.1 Å². The zero-order chi connectivity index (χ0) is 22.5. The van der Waals surface area contributed by atoms with Crippen molar-refractivity contribution in [3.05, 3.63) is 70.1 Å². The van der Waals surface area contributed by atoms with Crippen molar-refractivity contribution >= 4 is 28.2 Å². The van der Waals surface area contributed by atoms with Crippen molar-refractivity contribution in [1.29, 1.82) is 0 Å². The van der Waals surface area contributed by atoms with E-state index in [-0.39, 0.29) is 12.5 Å². The Morgan fingerprint density at radius 1 is 1.06 bits per heavy atom. The molecule has 1 heterocycles. The number of nitrogens with one attached hydrogen (secondary N) is 1. The van der Waals surface area contributed by atoms with E-state index in [1.54, 1.807) is 0 Å². The van der Waals surface area contributed by atoms with Gasteiger partial charge in [-0.15, -0.1) is 11.3 Å². The third-order valence-electron chi connectivity index (χ3n) is 5.81. The Bertz CT molecular complexity index is 1130. The number of methoxy groups -OCH3 is 1. The summed E-state index contributed by atoms with van der Waals surface area (Å²) in [7, 11) is 1.35. The van der Waals surface area contributed by atoms with E-state index < -0.39 is 5.97 Å². The van der Waals surface area contributed by atoms with Crippen LogP contribution in [0.2, 0.25) is 0 Å². The molecule has 1 amide bonds. The SMILES string of the molecule is CCc1ccccc1OCC(=O)Nc1scc(-c2ccc3c(c2)CCCC3)c1C(=O)OC. The van der Waals surface area contributed by atoms with Crippen LogP contribution in [0.5, 0.6) is 5.75 Å². The molecule has 0 saturated carbocycles. The molecule has 3 aromatic rings. The van der Waals surface area contributed by atoms with Gasteiger partial charge < -0.3 is 14.8 Å². The van der Waals surface area contributed by atoms with Gasteiger partial charge in [0.25, 0.3) is 5.91 Å². The fraction of sp³-hybridized carbons (Fsp3) is 0.308. The number of benzene rings is 2.